The van der Waals surface area contributed by atoms with Gasteiger partial charge in [-0.2, -0.15) is 0 Å². The predicted octanol–water partition coefficient (Wildman–Crippen LogP) is -3.75. The van der Waals surface area contributed by atoms with Crippen LogP contribution in [0.25, 0.3) is 0 Å². The van der Waals surface area contributed by atoms with Gasteiger partial charge < -0.3 is 37.2 Å². The molecule has 0 bridgehead atoms. The molecule has 4 amide bonds. The van der Waals surface area contributed by atoms with Gasteiger partial charge in [-0.05, 0) is 19.8 Å². The fraction of sp³-hybridized carbons (Fsp3) is 0.667. The first kappa shape index (κ1) is 22.3. The molecule has 0 aromatic carbocycles. The molecule has 0 radical (unpaired) electrons. The number of nitrogens with one attached hydrogen (secondary N) is 2. The summed E-state index contributed by atoms with van der Waals surface area (Å²) in [6, 6.07) is -3.90. The molecular formula is C15H25N5O7. The number of carboxylic acid groups (broad SMARTS) is 1. The quantitative estimate of drug-likeness (QED) is 0.231. The van der Waals surface area contributed by atoms with E-state index in [0.717, 1.165) is 4.90 Å². The van der Waals surface area contributed by atoms with E-state index in [2.05, 4.69) is 10.6 Å². The van der Waals surface area contributed by atoms with Gasteiger partial charge in [-0.25, -0.2) is 4.79 Å². The van der Waals surface area contributed by atoms with E-state index in [-0.39, 0.29) is 13.0 Å². The highest BCUT2D eigenvalue weighted by atomic mass is 16.4. The molecule has 27 heavy (non-hydrogen) atoms. The van der Waals surface area contributed by atoms with Gasteiger partial charge in [0.1, 0.15) is 18.1 Å². The molecule has 0 aromatic heterocycles. The smallest absolute Gasteiger partial charge is 0.326 e. The number of hydrogen-bond donors (Lipinski definition) is 6. The summed E-state index contributed by atoms with van der Waals surface area (Å²) in [4.78, 5) is 60.1. The van der Waals surface area contributed by atoms with E-state index < -0.39 is 66.8 Å². The summed E-state index contributed by atoms with van der Waals surface area (Å²) in [6.07, 6.45) is -1.17. The highest BCUT2D eigenvalue weighted by Crippen LogP contribution is 2.19. The topological polar surface area (TPSA) is 205 Å². The second kappa shape index (κ2) is 9.83. The molecule has 1 fully saturated rings. The van der Waals surface area contributed by atoms with E-state index in [4.69, 9.17) is 11.5 Å². The summed E-state index contributed by atoms with van der Waals surface area (Å²) in [7, 11) is 0. The third-order valence-corrected chi connectivity index (χ3v) is 4.11. The van der Waals surface area contributed by atoms with Crippen molar-refractivity contribution in [1.29, 1.82) is 0 Å². The van der Waals surface area contributed by atoms with E-state index in [1.807, 2.05) is 0 Å². The van der Waals surface area contributed by atoms with Gasteiger partial charge in [-0.3, -0.25) is 19.2 Å². The standard InChI is InChI=1S/C15H25N5O7/c1-7(21)12(19-11(23)6-16)13(24)18-8(5-10(17)22)14(25)20-4-2-3-9(20)15(26)27/h7-9,12,21H,2-6,16H2,1H3,(H2,17,22)(H,18,24)(H,19,23)(H,26,27). The second-order valence-electron chi connectivity index (χ2n) is 6.25. The zero-order chi connectivity index (χ0) is 20.7. The first-order valence-electron chi connectivity index (χ1n) is 8.38. The maximum absolute atomic E-state index is 12.7. The van der Waals surface area contributed by atoms with Crippen molar-refractivity contribution in [3.8, 4) is 0 Å². The third kappa shape index (κ3) is 6.18. The number of nitrogens with zero attached hydrogens (tertiary/aromatic N) is 1. The number of hydrogen-bond acceptors (Lipinski definition) is 7. The van der Waals surface area contributed by atoms with Crippen LogP contribution in [0.3, 0.4) is 0 Å². The van der Waals surface area contributed by atoms with Gasteiger partial charge in [0.05, 0.1) is 19.1 Å². The number of aliphatic carboxylic acids is 1. The van der Waals surface area contributed by atoms with Crippen molar-refractivity contribution >= 4 is 29.6 Å². The van der Waals surface area contributed by atoms with Crippen LogP contribution in [0.1, 0.15) is 26.2 Å². The first-order valence-corrected chi connectivity index (χ1v) is 8.38. The Labute approximate surface area is 155 Å². The number of aliphatic hydroxyl groups excluding tert-OH is 1. The SMILES string of the molecule is CC(O)C(NC(=O)CN)C(=O)NC(CC(N)=O)C(=O)N1CCCC1C(=O)O. The number of aliphatic hydroxyl groups is 1. The van der Waals surface area contributed by atoms with Gasteiger partial charge in [0.2, 0.25) is 23.6 Å². The van der Waals surface area contributed by atoms with E-state index in [9.17, 15) is 34.2 Å². The predicted molar refractivity (Wildman–Crippen MR) is 90.8 cm³/mol. The third-order valence-electron chi connectivity index (χ3n) is 4.11. The highest BCUT2D eigenvalue weighted by molar-refractivity contribution is 5.96. The Hall–Kier alpha value is -2.73. The van der Waals surface area contributed by atoms with Gasteiger partial charge >= 0.3 is 5.97 Å². The molecule has 1 aliphatic heterocycles. The van der Waals surface area contributed by atoms with Gasteiger partial charge in [-0.1, -0.05) is 0 Å². The van der Waals surface area contributed by atoms with Crippen LogP contribution in [0.2, 0.25) is 0 Å². The van der Waals surface area contributed by atoms with Crippen LogP contribution in [0.5, 0.6) is 0 Å². The summed E-state index contributed by atoms with van der Waals surface area (Å²) in [5.74, 6) is -4.50. The lowest BCUT2D eigenvalue weighted by atomic mass is 10.1. The van der Waals surface area contributed by atoms with Gasteiger partial charge in [0, 0.05) is 6.54 Å². The lowest BCUT2D eigenvalue weighted by Crippen LogP contribution is -2.59. The van der Waals surface area contributed by atoms with Gasteiger partial charge in [-0.15, -0.1) is 0 Å². The molecule has 8 N–H and O–H groups in total. The molecule has 12 heteroatoms. The number of carbonyl (C=O) groups excluding carboxylic acids is 4. The fourth-order valence-electron chi connectivity index (χ4n) is 2.79. The molecule has 1 heterocycles. The molecule has 0 aliphatic carbocycles. The van der Waals surface area contributed by atoms with Crippen molar-refractivity contribution in [2.45, 2.75) is 50.4 Å². The minimum Gasteiger partial charge on any atom is -0.480 e. The number of carbonyl (C=O) groups is 5. The Balaban J connectivity index is 2.97. The summed E-state index contributed by atoms with van der Waals surface area (Å²) in [6.45, 7) is 0.978. The van der Waals surface area contributed by atoms with E-state index >= 15 is 0 Å². The summed E-state index contributed by atoms with van der Waals surface area (Å²) in [5, 5.41) is 23.4. The normalized spacial score (nSPS) is 19.7. The Morgan fingerprint density at radius 3 is 2.33 bits per heavy atom. The maximum Gasteiger partial charge on any atom is 0.326 e. The molecule has 1 rings (SSSR count). The average Bonchev–Trinajstić information content (AvgIpc) is 3.07. The molecular weight excluding hydrogens is 362 g/mol. The van der Waals surface area contributed by atoms with Crippen molar-refractivity contribution in [3.63, 3.8) is 0 Å². The molecule has 0 spiro atoms. The zero-order valence-corrected chi connectivity index (χ0v) is 14.9. The monoisotopic (exact) mass is 387 g/mol. The molecule has 1 saturated heterocycles. The van der Waals surface area contributed by atoms with Crippen molar-refractivity contribution in [2.24, 2.45) is 11.5 Å². The summed E-state index contributed by atoms with van der Waals surface area (Å²) >= 11 is 0. The largest absolute Gasteiger partial charge is 0.480 e. The van der Waals surface area contributed by atoms with Crippen LogP contribution >= 0.6 is 0 Å². The molecule has 4 unspecified atom stereocenters. The minimum atomic E-state index is -1.43. The van der Waals surface area contributed by atoms with Crippen LogP contribution in [-0.4, -0.2) is 82.0 Å². The lowest BCUT2D eigenvalue weighted by molar-refractivity contribution is -0.149. The van der Waals surface area contributed by atoms with E-state index in [1.54, 1.807) is 0 Å². The Morgan fingerprint density at radius 2 is 1.85 bits per heavy atom. The summed E-state index contributed by atoms with van der Waals surface area (Å²) < 4.78 is 0. The molecule has 12 nitrogen and oxygen atoms in total. The average molecular weight is 387 g/mol. The van der Waals surface area contributed by atoms with E-state index in [0.29, 0.717) is 6.42 Å². The van der Waals surface area contributed by atoms with Crippen LogP contribution in [0.4, 0.5) is 0 Å². The van der Waals surface area contributed by atoms with Crippen molar-refractivity contribution in [1.82, 2.24) is 15.5 Å². The van der Waals surface area contributed by atoms with Gasteiger partial charge in [0.15, 0.2) is 0 Å². The number of rotatable bonds is 9. The van der Waals surface area contributed by atoms with Crippen LogP contribution in [0, 0.1) is 0 Å². The molecule has 0 aromatic rings. The highest BCUT2D eigenvalue weighted by Gasteiger charge is 2.39. The van der Waals surface area contributed by atoms with Crippen LogP contribution in [-0.2, 0) is 24.0 Å². The van der Waals surface area contributed by atoms with Crippen LogP contribution < -0.4 is 22.1 Å². The fourth-order valence-corrected chi connectivity index (χ4v) is 2.79. The van der Waals surface area contributed by atoms with Gasteiger partial charge in [0.25, 0.3) is 0 Å². The van der Waals surface area contributed by atoms with Crippen LogP contribution in [0.15, 0.2) is 0 Å². The minimum absolute atomic E-state index is 0.157. The van der Waals surface area contributed by atoms with Crippen molar-refractivity contribution < 1.29 is 34.2 Å². The lowest BCUT2D eigenvalue weighted by Gasteiger charge is -2.28. The zero-order valence-electron chi connectivity index (χ0n) is 14.9. The number of carboxylic acids is 1. The number of likely N-dealkylation sites (tertiary alicyclic amines) is 1. The Bertz CT molecular complexity index is 609. The molecule has 152 valence electrons. The molecule has 1 aliphatic rings. The second-order valence-corrected chi connectivity index (χ2v) is 6.25. The molecule has 4 atom stereocenters. The Morgan fingerprint density at radius 1 is 1.22 bits per heavy atom. The Kier molecular flexibility index (Phi) is 8.12. The van der Waals surface area contributed by atoms with E-state index in [1.165, 1.54) is 6.92 Å². The first-order chi connectivity index (χ1) is 12.6. The number of amides is 4. The maximum atomic E-state index is 12.7. The number of primary amides is 1. The summed E-state index contributed by atoms with van der Waals surface area (Å²) in [5.41, 5.74) is 10.3. The van der Waals surface area contributed by atoms with Crippen molar-refractivity contribution in [3.05, 3.63) is 0 Å². The number of nitrogens with two attached hydrogens (primary N) is 2. The van der Waals surface area contributed by atoms with Crippen molar-refractivity contribution in [2.75, 3.05) is 13.1 Å². The molecule has 0 saturated carbocycles.